The third-order valence-electron chi connectivity index (χ3n) is 5.80. The van der Waals surface area contributed by atoms with Gasteiger partial charge in [-0.15, -0.1) is 11.8 Å². The number of piperazine rings is 1. The molecule has 0 atom stereocenters. The van der Waals surface area contributed by atoms with Gasteiger partial charge in [0.1, 0.15) is 5.82 Å². The van der Waals surface area contributed by atoms with Crippen LogP contribution in [0.5, 0.6) is 0 Å². The first-order chi connectivity index (χ1) is 15.3. The predicted octanol–water partition coefficient (Wildman–Crippen LogP) is 3.82. The van der Waals surface area contributed by atoms with Crippen molar-refractivity contribution in [3.05, 3.63) is 60.2 Å². The first-order valence-electron chi connectivity index (χ1n) is 11.1. The number of benzene rings is 2. The molecule has 1 fully saturated rings. The monoisotopic (exact) mass is 436 g/mol. The lowest BCUT2D eigenvalue weighted by Gasteiger charge is -2.35. The molecule has 2 aromatic carbocycles. The van der Waals surface area contributed by atoms with E-state index in [4.69, 9.17) is 4.98 Å². The third-order valence-corrected chi connectivity index (χ3v) is 6.61. The second kappa shape index (κ2) is 11.0. The summed E-state index contributed by atoms with van der Waals surface area (Å²) in [6, 6.07) is 19.5. The molecule has 0 amide bonds. The lowest BCUT2D eigenvalue weighted by atomic mass is 10.0. The molecule has 164 valence electrons. The number of β-amino-alcohol motifs (C(OH)–C–C–N with tert-alkyl or cyclic N) is 1. The van der Waals surface area contributed by atoms with Crippen molar-refractivity contribution in [2.75, 3.05) is 55.9 Å². The van der Waals surface area contributed by atoms with Crippen LogP contribution in [0.1, 0.15) is 12.5 Å². The standard InChI is InChI=1S/C25H32N4OS/c1-2-31-19-26-18-20-7-9-21(10-8-20)24-17-22-5-3-4-6-23(22)25(27-24)29-13-11-28(12-14-29)15-16-30/h3-10,17,26,30H,2,11-16,18-19H2,1H3. The van der Waals surface area contributed by atoms with E-state index in [0.29, 0.717) is 0 Å². The van der Waals surface area contributed by atoms with Crippen molar-refractivity contribution in [1.29, 1.82) is 0 Å². The lowest BCUT2D eigenvalue weighted by Crippen LogP contribution is -2.47. The molecule has 0 bridgehead atoms. The van der Waals surface area contributed by atoms with Crippen molar-refractivity contribution in [3.8, 4) is 11.3 Å². The summed E-state index contributed by atoms with van der Waals surface area (Å²) in [5.74, 6) is 3.19. The minimum Gasteiger partial charge on any atom is -0.395 e. The molecule has 1 aliphatic heterocycles. The van der Waals surface area contributed by atoms with Crippen LogP contribution in [0.3, 0.4) is 0 Å². The van der Waals surface area contributed by atoms with E-state index in [1.54, 1.807) is 0 Å². The number of aromatic nitrogens is 1. The Morgan fingerprint density at radius 3 is 2.55 bits per heavy atom. The van der Waals surface area contributed by atoms with Gasteiger partial charge in [-0.25, -0.2) is 4.98 Å². The van der Waals surface area contributed by atoms with Crippen molar-refractivity contribution in [2.24, 2.45) is 0 Å². The van der Waals surface area contributed by atoms with Crippen molar-refractivity contribution in [2.45, 2.75) is 13.5 Å². The van der Waals surface area contributed by atoms with Crippen LogP contribution in [-0.2, 0) is 6.54 Å². The van der Waals surface area contributed by atoms with E-state index in [1.165, 1.54) is 16.3 Å². The van der Waals surface area contributed by atoms with Gasteiger partial charge in [-0.1, -0.05) is 55.5 Å². The van der Waals surface area contributed by atoms with E-state index in [9.17, 15) is 5.11 Å². The molecule has 4 rings (SSSR count). The van der Waals surface area contributed by atoms with Gasteiger partial charge in [0.25, 0.3) is 0 Å². The number of nitrogens with zero attached hydrogens (tertiary/aromatic N) is 3. The second-order valence-corrected chi connectivity index (χ2v) is 9.14. The first-order valence-corrected chi connectivity index (χ1v) is 12.3. The number of fused-ring (bicyclic) bond motifs is 1. The van der Waals surface area contributed by atoms with Crippen molar-refractivity contribution < 1.29 is 5.11 Å². The molecule has 2 heterocycles. The quantitative estimate of drug-likeness (QED) is 0.393. The summed E-state index contributed by atoms with van der Waals surface area (Å²) >= 11 is 1.91. The number of thioether (sulfide) groups is 1. The number of nitrogens with one attached hydrogen (secondary N) is 1. The normalized spacial score (nSPS) is 15.0. The number of hydrogen-bond acceptors (Lipinski definition) is 6. The number of aliphatic hydroxyl groups excluding tert-OH is 1. The highest BCUT2D eigenvalue weighted by Crippen LogP contribution is 2.30. The largest absolute Gasteiger partial charge is 0.395 e. The molecule has 1 aromatic heterocycles. The molecule has 2 N–H and O–H groups in total. The highest BCUT2D eigenvalue weighted by atomic mass is 32.2. The summed E-state index contributed by atoms with van der Waals surface area (Å²) in [7, 11) is 0. The van der Waals surface area contributed by atoms with Crippen LogP contribution < -0.4 is 10.2 Å². The molecule has 6 heteroatoms. The Hall–Kier alpha value is -2.12. The highest BCUT2D eigenvalue weighted by molar-refractivity contribution is 7.99. The molecule has 0 spiro atoms. The molecule has 3 aromatic rings. The SMILES string of the molecule is CCSCNCc1ccc(-c2cc3ccccc3c(N3CCN(CCO)CC3)n2)cc1. The van der Waals surface area contributed by atoms with Gasteiger partial charge in [-0.3, -0.25) is 4.90 Å². The molecule has 31 heavy (non-hydrogen) atoms. The Kier molecular flexibility index (Phi) is 7.81. The van der Waals surface area contributed by atoms with Gasteiger partial charge in [0.2, 0.25) is 0 Å². The second-order valence-electron chi connectivity index (χ2n) is 7.87. The summed E-state index contributed by atoms with van der Waals surface area (Å²) in [5.41, 5.74) is 3.46. The van der Waals surface area contributed by atoms with Crippen LogP contribution in [0, 0.1) is 0 Å². The van der Waals surface area contributed by atoms with Crippen LogP contribution >= 0.6 is 11.8 Å². The number of aliphatic hydroxyl groups is 1. The Morgan fingerprint density at radius 1 is 1.03 bits per heavy atom. The van der Waals surface area contributed by atoms with E-state index in [2.05, 4.69) is 76.6 Å². The van der Waals surface area contributed by atoms with Crippen molar-refractivity contribution >= 4 is 28.4 Å². The van der Waals surface area contributed by atoms with Crippen LogP contribution in [0.25, 0.3) is 22.0 Å². The molecule has 1 aliphatic rings. The zero-order chi connectivity index (χ0) is 21.5. The number of anilines is 1. The maximum atomic E-state index is 9.22. The fraction of sp³-hybridized carbons (Fsp3) is 0.400. The van der Waals surface area contributed by atoms with E-state index in [-0.39, 0.29) is 6.61 Å². The third kappa shape index (κ3) is 5.57. The van der Waals surface area contributed by atoms with E-state index in [0.717, 1.165) is 68.0 Å². The van der Waals surface area contributed by atoms with Crippen LogP contribution in [0.4, 0.5) is 5.82 Å². The molecule has 0 radical (unpaired) electrons. The van der Waals surface area contributed by atoms with Gasteiger partial charge >= 0.3 is 0 Å². The van der Waals surface area contributed by atoms with Crippen LogP contribution in [0.2, 0.25) is 0 Å². The van der Waals surface area contributed by atoms with Gasteiger partial charge in [0.15, 0.2) is 0 Å². The molecular weight excluding hydrogens is 404 g/mol. The van der Waals surface area contributed by atoms with Gasteiger partial charge < -0.3 is 15.3 Å². The number of hydrogen-bond donors (Lipinski definition) is 2. The average molecular weight is 437 g/mol. The maximum Gasteiger partial charge on any atom is 0.137 e. The average Bonchev–Trinajstić information content (AvgIpc) is 2.82. The summed E-state index contributed by atoms with van der Waals surface area (Å²) in [6.45, 7) is 7.82. The van der Waals surface area contributed by atoms with Gasteiger partial charge in [-0.05, 0) is 22.8 Å². The Bertz CT molecular complexity index is 971. The zero-order valence-corrected chi connectivity index (χ0v) is 19.1. The van der Waals surface area contributed by atoms with Crippen molar-refractivity contribution in [3.63, 3.8) is 0 Å². The van der Waals surface area contributed by atoms with E-state index < -0.39 is 0 Å². The molecule has 1 saturated heterocycles. The molecular formula is C25H32N4OS. The maximum absolute atomic E-state index is 9.22. The Labute approximate surface area is 189 Å². The van der Waals surface area contributed by atoms with E-state index >= 15 is 0 Å². The summed E-state index contributed by atoms with van der Waals surface area (Å²) < 4.78 is 0. The minimum absolute atomic E-state index is 0.222. The fourth-order valence-corrected chi connectivity index (χ4v) is 4.51. The van der Waals surface area contributed by atoms with Gasteiger partial charge in [0.05, 0.1) is 12.3 Å². The predicted molar refractivity (Wildman–Crippen MR) is 133 cm³/mol. The van der Waals surface area contributed by atoms with Crippen molar-refractivity contribution in [1.82, 2.24) is 15.2 Å². The first kappa shape index (κ1) is 22.1. The smallest absolute Gasteiger partial charge is 0.137 e. The molecule has 0 unspecified atom stereocenters. The summed E-state index contributed by atoms with van der Waals surface area (Å²) in [6.07, 6.45) is 0. The van der Waals surface area contributed by atoms with E-state index in [1.807, 2.05) is 11.8 Å². The molecule has 5 nitrogen and oxygen atoms in total. The summed E-state index contributed by atoms with van der Waals surface area (Å²) in [4.78, 5) is 9.83. The van der Waals surface area contributed by atoms with Gasteiger partial charge in [-0.2, -0.15) is 0 Å². The highest BCUT2D eigenvalue weighted by Gasteiger charge is 2.20. The molecule has 0 saturated carbocycles. The number of rotatable bonds is 9. The fourth-order valence-electron chi connectivity index (χ4n) is 4.06. The number of pyridine rings is 1. The van der Waals surface area contributed by atoms with Gasteiger partial charge in [0, 0.05) is 56.1 Å². The Morgan fingerprint density at radius 2 is 1.81 bits per heavy atom. The van der Waals surface area contributed by atoms with Crippen LogP contribution in [-0.4, -0.2) is 66.0 Å². The topological polar surface area (TPSA) is 51.6 Å². The Balaban J connectivity index is 1.56. The molecule has 0 aliphatic carbocycles. The van der Waals surface area contributed by atoms with Crippen LogP contribution in [0.15, 0.2) is 54.6 Å². The zero-order valence-electron chi connectivity index (χ0n) is 18.3. The summed E-state index contributed by atoms with van der Waals surface area (Å²) in [5, 5.41) is 15.1. The lowest BCUT2D eigenvalue weighted by molar-refractivity contribution is 0.188. The minimum atomic E-state index is 0.222.